The van der Waals surface area contributed by atoms with E-state index < -0.39 is 23.3 Å². The quantitative estimate of drug-likeness (QED) is 0.861. The zero-order chi connectivity index (χ0) is 15.1. The number of alkyl halides is 3. The molecular weight excluding hydrogens is 275 g/mol. The smallest absolute Gasteiger partial charge is 0.432 e. The number of para-hydroxylation sites is 1. The van der Waals surface area contributed by atoms with E-state index in [2.05, 4.69) is 4.74 Å². The Morgan fingerprint density at radius 1 is 1.30 bits per heavy atom. The third-order valence-corrected chi connectivity index (χ3v) is 3.18. The third kappa shape index (κ3) is 1.85. The van der Waals surface area contributed by atoms with E-state index in [0.29, 0.717) is 5.52 Å². The van der Waals surface area contributed by atoms with Gasteiger partial charge in [0.15, 0.2) is 0 Å². The van der Waals surface area contributed by atoms with Crippen LogP contribution in [0.15, 0.2) is 30.5 Å². The van der Waals surface area contributed by atoms with Crippen molar-refractivity contribution in [3.05, 3.63) is 36.0 Å². The topological polar surface area (TPSA) is 51.5 Å². The Hall–Kier alpha value is -2.02. The first kappa shape index (κ1) is 14.4. The lowest BCUT2D eigenvalue weighted by atomic mass is 9.93. The molecule has 0 saturated heterocycles. The fourth-order valence-electron chi connectivity index (χ4n) is 2.16. The number of carbonyl (C=O) groups is 1. The molecule has 2 rings (SSSR count). The molecule has 0 aliphatic carbocycles. The van der Waals surface area contributed by atoms with E-state index in [9.17, 15) is 23.1 Å². The molecular formula is C13H12F3NO3. The van der Waals surface area contributed by atoms with Gasteiger partial charge < -0.3 is 14.4 Å². The molecule has 4 nitrogen and oxygen atoms in total. The summed E-state index contributed by atoms with van der Waals surface area (Å²) in [5.74, 6) is -1.76. The molecule has 0 spiro atoms. The van der Waals surface area contributed by atoms with Crippen LogP contribution in [0.1, 0.15) is 5.56 Å². The van der Waals surface area contributed by atoms with Crippen LogP contribution in [0.5, 0.6) is 0 Å². The summed E-state index contributed by atoms with van der Waals surface area (Å²) in [5, 5.41) is 10.1. The molecule has 0 fully saturated rings. The van der Waals surface area contributed by atoms with Crippen molar-refractivity contribution in [1.29, 1.82) is 0 Å². The van der Waals surface area contributed by atoms with Gasteiger partial charge in [-0.05, 0) is 6.07 Å². The SMILES string of the molecule is COC(=O)[C@@](O)(c1cn(C)c2ccccc12)C(F)(F)F. The molecule has 1 heterocycles. The Bertz CT molecular complexity index is 662. The van der Waals surface area contributed by atoms with Gasteiger partial charge in [-0.15, -0.1) is 0 Å². The Morgan fingerprint density at radius 2 is 1.90 bits per heavy atom. The molecule has 0 radical (unpaired) electrons. The minimum absolute atomic E-state index is 0.139. The number of methoxy groups -OCH3 is 1. The molecule has 1 aromatic heterocycles. The van der Waals surface area contributed by atoms with Crippen LogP contribution in [0, 0.1) is 0 Å². The van der Waals surface area contributed by atoms with E-state index in [1.807, 2.05) is 0 Å². The first-order valence-corrected chi connectivity index (χ1v) is 5.65. The van der Waals surface area contributed by atoms with Crippen molar-refractivity contribution in [1.82, 2.24) is 4.57 Å². The highest BCUT2D eigenvalue weighted by molar-refractivity contribution is 5.92. The molecule has 0 aliphatic rings. The Morgan fingerprint density at radius 3 is 2.45 bits per heavy atom. The van der Waals surface area contributed by atoms with E-state index in [-0.39, 0.29) is 5.39 Å². The largest absolute Gasteiger partial charge is 0.466 e. The van der Waals surface area contributed by atoms with Gasteiger partial charge in [-0.2, -0.15) is 13.2 Å². The number of ether oxygens (including phenoxy) is 1. The number of aryl methyl sites for hydroxylation is 1. The molecule has 0 unspecified atom stereocenters. The van der Waals surface area contributed by atoms with Crippen LogP contribution in [0.2, 0.25) is 0 Å². The van der Waals surface area contributed by atoms with Crippen LogP contribution < -0.4 is 0 Å². The van der Waals surface area contributed by atoms with Crippen LogP contribution >= 0.6 is 0 Å². The first-order chi connectivity index (χ1) is 9.23. The lowest BCUT2D eigenvalue weighted by Gasteiger charge is -2.27. The molecule has 108 valence electrons. The number of nitrogens with zero attached hydrogens (tertiary/aromatic N) is 1. The normalized spacial score (nSPS) is 15.1. The second-order valence-electron chi connectivity index (χ2n) is 4.37. The number of halogens is 3. The van der Waals surface area contributed by atoms with Gasteiger partial charge in [-0.1, -0.05) is 18.2 Å². The minimum atomic E-state index is -5.19. The van der Waals surface area contributed by atoms with Gasteiger partial charge in [-0.25, -0.2) is 4.79 Å². The van der Waals surface area contributed by atoms with Gasteiger partial charge >= 0.3 is 12.1 Å². The predicted molar refractivity (Wildman–Crippen MR) is 64.9 cm³/mol. The van der Waals surface area contributed by atoms with Crippen LogP contribution in [-0.4, -0.2) is 28.9 Å². The summed E-state index contributed by atoms with van der Waals surface area (Å²) in [6.07, 6.45) is -4.11. The molecule has 2 aromatic rings. The molecule has 0 aliphatic heterocycles. The number of rotatable bonds is 2. The number of esters is 1. The molecule has 1 aromatic carbocycles. The average Bonchev–Trinajstić information content (AvgIpc) is 2.74. The average molecular weight is 287 g/mol. The monoisotopic (exact) mass is 287 g/mol. The summed E-state index contributed by atoms with van der Waals surface area (Å²) in [5.41, 5.74) is -3.77. The number of aliphatic hydroxyl groups is 1. The van der Waals surface area contributed by atoms with Crippen LogP contribution in [0.25, 0.3) is 10.9 Å². The lowest BCUT2D eigenvalue weighted by Crippen LogP contribution is -2.49. The number of hydrogen-bond acceptors (Lipinski definition) is 3. The lowest BCUT2D eigenvalue weighted by molar-refractivity contribution is -0.266. The summed E-state index contributed by atoms with van der Waals surface area (Å²) in [4.78, 5) is 11.5. The van der Waals surface area contributed by atoms with Crippen molar-refractivity contribution in [2.45, 2.75) is 11.8 Å². The molecule has 20 heavy (non-hydrogen) atoms. The predicted octanol–water partition coefficient (Wildman–Crippen LogP) is 2.10. The van der Waals surface area contributed by atoms with Crippen LogP contribution in [0.3, 0.4) is 0 Å². The summed E-state index contributed by atoms with van der Waals surface area (Å²) in [6, 6.07) is 6.17. The van der Waals surface area contributed by atoms with Crippen molar-refractivity contribution in [2.24, 2.45) is 7.05 Å². The highest BCUT2D eigenvalue weighted by Gasteiger charge is 2.63. The van der Waals surface area contributed by atoms with Crippen molar-refractivity contribution < 1.29 is 27.8 Å². The summed E-state index contributed by atoms with van der Waals surface area (Å²) < 4.78 is 45.2. The van der Waals surface area contributed by atoms with E-state index in [1.165, 1.54) is 23.7 Å². The molecule has 0 amide bonds. The van der Waals surface area contributed by atoms with Gasteiger partial charge in [-0.3, -0.25) is 0 Å². The number of aromatic nitrogens is 1. The van der Waals surface area contributed by atoms with Gasteiger partial charge in [0.1, 0.15) is 0 Å². The second kappa shape index (κ2) is 4.52. The molecule has 7 heteroatoms. The Balaban J connectivity index is 2.80. The number of carbonyl (C=O) groups excluding carboxylic acids is 1. The van der Waals surface area contributed by atoms with Gasteiger partial charge in [0.2, 0.25) is 0 Å². The summed E-state index contributed by atoms with van der Waals surface area (Å²) in [6.45, 7) is 0. The second-order valence-corrected chi connectivity index (χ2v) is 4.37. The fourth-order valence-corrected chi connectivity index (χ4v) is 2.16. The fraction of sp³-hybridized carbons (Fsp3) is 0.308. The van der Waals surface area contributed by atoms with Gasteiger partial charge in [0.25, 0.3) is 5.60 Å². The minimum Gasteiger partial charge on any atom is -0.466 e. The zero-order valence-electron chi connectivity index (χ0n) is 10.7. The van der Waals surface area contributed by atoms with Crippen LogP contribution in [0.4, 0.5) is 13.2 Å². The van der Waals surface area contributed by atoms with Gasteiger partial charge in [0, 0.05) is 29.7 Å². The third-order valence-electron chi connectivity index (χ3n) is 3.18. The molecule has 0 saturated carbocycles. The highest BCUT2D eigenvalue weighted by atomic mass is 19.4. The number of benzene rings is 1. The van der Waals surface area contributed by atoms with Crippen molar-refractivity contribution >= 4 is 16.9 Å². The molecule has 0 bridgehead atoms. The van der Waals surface area contributed by atoms with Crippen molar-refractivity contribution in [3.63, 3.8) is 0 Å². The molecule has 1 N–H and O–H groups in total. The summed E-state index contributed by atoms with van der Waals surface area (Å²) in [7, 11) is 2.32. The van der Waals surface area contributed by atoms with Crippen molar-refractivity contribution in [2.75, 3.05) is 7.11 Å². The molecule has 1 atom stereocenters. The van der Waals surface area contributed by atoms with E-state index in [1.54, 1.807) is 12.1 Å². The zero-order valence-corrected chi connectivity index (χ0v) is 10.7. The maximum Gasteiger partial charge on any atom is 0.432 e. The van der Waals surface area contributed by atoms with E-state index in [0.717, 1.165) is 13.3 Å². The van der Waals surface area contributed by atoms with Crippen LogP contribution in [-0.2, 0) is 22.2 Å². The summed E-state index contributed by atoms with van der Waals surface area (Å²) >= 11 is 0. The van der Waals surface area contributed by atoms with E-state index in [4.69, 9.17) is 0 Å². The maximum absolute atomic E-state index is 13.2. The number of hydrogen-bond donors (Lipinski definition) is 1. The van der Waals surface area contributed by atoms with Gasteiger partial charge in [0.05, 0.1) is 7.11 Å². The van der Waals surface area contributed by atoms with Crippen molar-refractivity contribution in [3.8, 4) is 0 Å². The first-order valence-electron chi connectivity index (χ1n) is 5.65. The Kier molecular flexibility index (Phi) is 3.25. The maximum atomic E-state index is 13.2. The standard InChI is InChI=1S/C13H12F3NO3/c1-17-7-9(8-5-3-4-6-10(8)17)12(19,11(18)20-2)13(14,15)16/h3-7,19H,1-2H3/t12-/m0/s1. The number of fused-ring (bicyclic) bond motifs is 1. The van der Waals surface area contributed by atoms with E-state index >= 15 is 0 Å². The Labute approximate surface area is 112 Å². The highest BCUT2D eigenvalue weighted by Crippen LogP contribution is 2.43.